The van der Waals surface area contributed by atoms with Crippen molar-refractivity contribution in [1.82, 2.24) is 9.78 Å². The van der Waals surface area contributed by atoms with Crippen molar-refractivity contribution in [1.29, 1.82) is 0 Å². The second kappa shape index (κ2) is 5.40. The minimum absolute atomic E-state index is 0.0650. The van der Waals surface area contributed by atoms with Gasteiger partial charge in [0.2, 0.25) is 0 Å². The lowest BCUT2D eigenvalue weighted by Gasteiger charge is -2.01. The molecule has 0 bridgehead atoms. The van der Waals surface area contributed by atoms with Gasteiger partial charge in [-0.15, -0.1) is 5.10 Å². The van der Waals surface area contributed by atoms with Crippen LogP contribution in [-0.4, -0.2) is 14.9 Å². The molecule has 3 N–H and O–H groups in total. The van der Waals surface area contributed by atoms with Gasteiger partial charge in [0, 0.05) is 11.8 Å². The number of nitrogens with zero attached hydrogens (tertiary/aromatic N) is 2. The Morgan fingerprint density at radius 3 is 2.82 bits per heavy atom. The summed E-state index contributed by atoms with van der Waals surface area (Å²) in [6.45, 7) is 2.28. The number of phenols is 1. The van der Waals surface area contributed by atoms with Gasteiger partial charge in [0.15, 0.2) is 0 Å². The van der Waals surface area contributed by atoms with Gasteiger partial charge in [-0.3, -0.25) is 0 Å². The van der Waals surface area contributed by atoms with Crippen molar-refractivity contribution in [3.05, 3.63) is 64.1 Å². The summed E-state index contributed by atoms with van der Waals surface area (Å²) < 4.78 is 6.34. The van der Waals surface area contributed by atoms with Gasteiger partial charge >= 0.3 is 5.76 Å². The summed E-state index contributed by atoms with van der Waals surface area (Å²) in [5.74, 6) is -0.591. The van der Waals surface area contributed by atoms with E-state index in [9.17, 15) is 9.90 Å². The van der Waals surface area contributed by atoms with Crippen LogP contribution in [0.4, 0.5) is 5.69 Å². The molecule has 1 aromatic heterocycles. The smallest absolute Gasteiger partial charge is 0.437 e. The second-order valence-corrected chi connectivity index (χ2v) is 5.10. The molecule has 0 saturated heterocycles. The Hall–Kier alpha value is -3.02. The quantitative estimate of drug-likeness (QED) is 0.722. The average Bonchev–Trinajstić information content (AvgIpc) is 2.80. The van der Waals surface area contributed by atoms with E-state index >= 15 is 0 Å². The standard InChI is InChI=1S/C16H15N3O3/c1-10-3-2-4-11(7-10)9-19-16(21)22-15(18-19)13-6-5-12(17)8-14(13)20/h2-8,20H,9,17H2,1H3. The van der Waals surface area contributed by atoms with Gasteiger partial charge in [0.25, 0.3) is 5.89 Å². The van der Waals surface area contributed by atoms with E-state index in [0.717, 1.165) is 11.1 Å². The molecule has 22 heavy (non-hydrogen) atoms. The molecule has 112 valence electrons. The predicted octanol–water partition coefficient (Wildman–Crippen LogP) is 2.15. The molecule has 0 unspecified atom stereocenters. The fourth-order valence-corrected chi connectivity index (χ4v) is 2.23. The summed E-state index contributed by atoms with van der Waals surface area (Å²) in [4.78, 5) is 11.9. The van der Waals surface area contributed by atoms with Crippen molar-refractivity contribution in [2.24, 2.45) is 0 Å². The average molecular weight is 297 g/mol. The summed E-state index contributed by atoms with van der Waals surface area (Å²) in [6.07, 6.45) is 0. The molecule has 0 spiro atoms. The Bertz CT molecular complexity index is 880. The monoisotopic (exact) mass is 297 g/mol. The van der Waals surface area contributed by atoms with Gasteiger partial charge in [-0.05, 0) is 24.6 Å². The van der Waals surface area contributed by atoms with E-state index in [0.29, 0.717) is 17.8 Å². The summed E-state index contributed by atoms with van der Waals surface area (Å²) in [7, 11) is 0. The topological polar surface area (TPSA) is 94.3 Å². The molecule has 0 fully saturated rings. The summed E-state index contributed by atoms with van der Waals surface area (Å²) in [5, 5.41) is 14.0. The fourth-order valence-electron chi connectivity index (χ4n) is 2.23. The van der Waals surface area contributed by atoms with E-state index in [1.807, 2.05) is 31.2 Å². The molecule has 1 heterocycles. The Morgan fingerprint density at radius 1 is 1.27 bits per heavy atom. The molecule has 0 amide bonds. The molecule has 0 aliphatic heterocycles. The normalized spacial score (nSPS) is 10.8. The zero-order valence-corrected chi connectivity index (χ0v) is 12.0. The van der Waals surface area contributed by atoms with Crippen molar-refractivity contribution in [2.45, 2.75) is 13.5 Å². The maximum Gasteiger partial charge on any atom is 0.437 e. The molecule has 6 nitrogen and oxygen atoms in total. The van der Waals surface area contributed by atoms with Crippen LogP contribution in [-0.2, 0) is 6.54 Å². The lowest BCUT2D eigenvalue weighted by Crippen LogP contribution is -2.16. The molecule has 2 aromatic carbocycles. The Balaban J connectivity index is 1.95. The number of anilines is 1. The van der Waals surface area contributed by atoms with Gasteiger partial charge in [-0.1, -0.05) is 29.8 Å². The Labute approximate surface area is 126 Å². The van der Waals surface area contributed by atoms with Crippen LogP contribution in [0.1, 0.15) is 11.1 Å². The number of rotatable bonds is 3. The van der Waals surface area contributed by atoms with Crippen LogP contribution in [0.15, 0.2) is 51.7 Å². The van der Waals surface area contributed by atoms with Crippen LogP contribution in [0, 0.1) is 6.92 Å². The molecular formula is C16H15N3O3. The zero-order chi connectivity index (χ0) is 15.7. The van der Waals surface area contributed by atoms with E-state index in [2.05, 4.69) is 5.10 Å². The molecular weight excluding hydrogens is 282 g/mol. The number of hydrogen-bond acceptors (Lipinski definition) is 5. The van der Waals surface area contributed by atoms with E-state index in [-0.39, 0.29) is 11.6 Å². The molecule has 0 aliphatic carbocycles. The summed E-state index contributed by atoms with van der Waals surface area (Å²) in [6, 6.07) is 12.3. The van der Waals surface area contributed by atoms with E-state index in [1.165, 1.54) is 10.7 Å². The van der Waals surface area contributed by atoms with Crippen molar-refractivity contribution in [2.75, 3.05) is 5.73 Å². The van der Waals surface area contributed by atoms with Crippen LogP contribution in [0.25, 0.3) is 11.5 Å². The van der Waals surface area contributed by atoms with Crippen LogP contribution in [0.3, 0.4) is 0 Å². The van der Waals surface area contributed by atoms with E-state index in [4.69, 9.17) is 10.2 Å². The molecule has 0 aliphatic rings. The van der Waals surface area contributed by atoms with Crippen molar-refractivity contribution in [3.8, 4) is 17.2 Å². The number of aromatic nitrogens is 2. The fraction of sp³-hybridized carbons (Fsp3) is 0.125. The third kappa shape index (κ3) is 2.71. The van der Waals surface area contributed by atoms with Gasteiger partial charge in [0.1, 0.15) is 5.75 Å². The van der Waals surface area contributed by atoms with E-state index in [1.54, 1.807) is 12.1 Å². The minimum Gasteiger partial charge on any atom is -0.507 e. The first kappa shape index (κ1) is 13.9. The minimum atomic E-state index is -0.576. The zero-order valence-electron chi connectivity index (χ0n) is 12.0. The van der Waals surface area contributed by atoms with Crippen molar-refractivity contribution < 1.29 is 9.52 Å². The van der Waals surface area contributed by atoms with Gasteiger partial charge in [-0.2, -0.15) is 4.68 Å². The maximum absolute atomic E-state index is 11.9. The SMILES string of the molecule is Cc1cccc(Cn2nc(-c3ccc(N)cc3O)oc2=O)c1. The van der Waals surface area contributed by atoms with Crippen molar-refractivity contribution in [3.63, 3.8) is 0 Å². The highest BCUT2D eigenvalue weighted by Crippen LogP contribution is 2.28. The third-order valence-electron chi connectivity index (χ3n) is 3.27. The molecule has 0 saturated carbocycles. The highest BCUT2D eigenvalue weighted by Gasteiger charge is 2.14. The second-order valence-electron chi connectivity index (χ2n) is 5.10. The number of hydrogen-bond donors (Lipinski definition) is 2. The van der Waals surface area contributed by atoms with E-state index < -0.39 is 5.76 Å². The highest BCUT2D eigenvalue weighted by molar-refractivity contribution is 5.65. The lowest BCUT2D eigenvalue weighted by molar-refractivity contribution is 0.468. The lowest BCUT2D eigenvalue weighted by atomic mass is 10.1. The molecule has 6 heteroatoms. The molecule has 0 radical (unpaired) electrons. The number of aryl methyl sites for hydroxylation is 1. The van der Waals surface area contributed by atoms with Crippen LogP contribution >= 0.6 is 0 Å². The molecule has 3 rings (SSSR count). The summed E-state index contributed by atoms with van der Waals surface area (Å²) in [5.41, 5.74) is 8.38. The number of nitrogen functional groups attached to an aromatic ring is 1. The van der Waals surface area contributed by atoms with Gasteiger partial charge in [-0.25, -0.2) is 4.79 Å². The molecule has 3 aromatic rings. The number of phenolic OH excluding ortho intramolecular Hbond substituents is 1. The Morgan fingerprint density at radius 2 is 2.09 bits per heavy atom. The summed E-state index contributed by atoms with van der Waals surface area (Å²) >= 11 is 0. The van der Waals surface area contributed by atoms with Crippen molar-refractivity contribution >= 4 is 5.69 Å². The third-order valence-corrected chi connectivity index (χ3v) is 3.27. The first-order valence-electron chi connectivity index (χ1n) is 6.75. The van der Waals surface area contributed by atoms with Gasteiger partial charge in [0.05, 0.1) is 12.1 Å². The predicted molar refractivity (Wildman–Crippen MR) is 82.6 cm³/mol. The Kier molecular flexibility index (Phi) is 3.42. The highest BCUT2D eigenvalue weighted by atomic mass is 16.4. The number of nitrogens with two attached hydrogens (primary N) is 1. The first-order valence-corrected chi connectivity index (χ1v) is 6.75. The maximum atomic E-state index is 11.9. The molecule has 0 atom stereocenters. The number of benzene rings is 2. The van der Waals surface area contributed by atoms with Crippen LogP contribution in [0.2, 0.25) is 0 Å². The van der Waals surface area contributed by atoms with Crippen LogP contribution < -0.4 is 11.5 Å². The van der Waals surface area contributed by atoms with Gasteiger partial charge < -0.3 is 15.3 Å². The van der Waals surface area contributed by atoms with Crippen LogP contribution in [0.5, 0.6) is 5.75 Å². The largest absolute Gasteiger partial charge is 0.507 e. The number of aromatic hydroxyl groups is 1. The first-order chi connectivity index (χ1) is 10.5.